The predicted molar refractivity (Wildman–Crippen MR) is 94.6 cm³/mol. The zero-order valence-corrected chi connectivity index (χ0v) is 15.0. The third-order valence-corrected chi connectivity index (χ3v) is 4.43. The summed E-state index contributed by atoms with van der Waals surface area (Å²) in [4.78, 5) is 8.88. The lowest BCUT2D eigenvalue weighted by atomic mass is 10.1. The molecule has 8 heteroatoms. The van der Waals surface area contributed by atoms with Crippen molar-refractivity contribution in [1.29, 1.82) is 0 Å². The molecule has 0 aliphatic rings. The van der Waals surface area contributed by atoms with E-state index in [4.69, 9.17) is 0 Å². The molecule has 0 fully saturated rings. The first kappa shape index (κ1) is 19.2. The van der Waals surface area contributed by atoms with Crippen LogP contribution < -0.4 is 10.6 Å². The van der Waals surface area contributed by atoms with E-state index in [0.29, 0.717) is 31.2 Å². The van der Waals surface area contributed by atoms with Crippen molar-refractivity contribution < 1.29 is 13.2 Å². The first-order valence-electron chi connectivity index (χ1n) is 8.04. The number of nitrogens with one attached hydrogen (secondary N) is 2. The van der Waals surface area contributed by atoms with Crippen molar-refractivity contribution in [2.24, 2.45) is 4.99 Å². The lowest BCUT2D eigenvalue weighted by molar-refractivity contribution is -0.137. The Morgan fingerprint density at radius 2 is 1.88 bits per heavy atom. The monoisotopic (exact) mass is 370 g/mol. The third kappa shape index (κ3) is 6.04. The molecule has 2 aromatic rings. The van der Waals surface area contributed by atoms with Crippen LogP contribution in [0.3, 0.4) is 0 Å². The van der Waals surface area contributed by atoms with E-state index in [-0.39, 0.29) is 0 Å². The van der Waals surface area contributed by atoms with Gasteiger partial charge in [0.05, 0.1) is 29.4 Å². The highest BCUT2D eigenvalue weighted by atomic mass is 32.1. The van der Waals surface area contributed by atoms with Crippen LogP contribution in [-0.4, -0.2) is 17.5 Å². The first-order valence-corrected chi connectivity index (χ1v) is 8.92. The Hall–Kier alpha value is -2.09. The third-order valence-electron chi connectivity index (χ3n) is 3.38. The molecular formula is C17H21F3N4S. The first-order chi connectivity index (χ1) is 11.9. The molecule has 0 saturated heterocycles. The van der Waals surface area contributed by atoms with E-state index >= 15 is 0 Å². The summed E-state index contributed by atoms with van der Waals surface area (Å²) in [6, 6.07) is 5.05. The number of thiazole rings is 1. The van der Waals surface area contributed by atoms with Gasteiger partial charge in [0.2, 0.25) is 0 Å². The van der Waals surface area contributed by atoms with E-state index < -0.39 is 11.7 Å². The second-order valence-corrected chi connectivity index (χ2v) is 6.27. The van der Waals surface area contributed by atoms with Gasteiger partial charge in [-0.2, -0.15) is 13.2 Å². The highest BCUT2D eigenvalue weighted by Gasteiger charge is 2.29. The number of guanidine groups is 1. The minimum Gasteiger partial charge on any atom is -0.357 e. The molecule has 0 spiro atoms. The number of aromatic nitrogens is 1. The number of alkyl halides is 3. The van der Waals surface area contributed by atoms with Crippen molar-refractivity contribution >= 4 is 17.3 Å². The molecule has 0 aliphatic carbocycles. The maximum absolute atomic E-state index is 12.6. The van der Waals surface area contributed by atoms with Gasteiger partial charge in [-0.1, -0.05) is 19.1 Å². The molecule has 0 saturated carbocycles. The van der Waals surface area contributed by atoms with E-state index in [1.165, 1.54) is 12.1 Å². The Labute approximate surface area is 149 Å². The fraction of sp³-hybridized carbons (Fsp3) is 0.412. The van der Waals surface area contributed by atoms with Crippen molar-refractivity contribution in [2.75, 3.05) is 6.54 Å². The van der Waals surface area contributed by atoms with E-state index in [0.717, 1.165) is 29.3 Å². The second kappa shape index (κ2) is 8.84. The summed E-state index contributed by atoms with van der Waals surface area (Å²) in [5.74, 6) is 0.605. The number of halogens is 3. The molecule has 2 rings (SSSR count). The zero-order valence-electron chi connectivity index (χ0n) is 14.2. The van der Waals surface area contributed by atoms with E-state index in [2.05, 4.69) is 27.5 Å². The molecular weight excluding hydrogens is 349 g/mol. The molecule has 1 heterocycles. The van der Waals surface area contributed by atoms with Gasteiger partial charge in [-0.15, -0.1) is 11.3 Å². The van der Waals surface area contributed by atoms with Crippen molar-refractivity contribution in [1.82, 2.24) is 15.6 Å². The fourth-order valence-corrected chi connectivity index (χ4v) is 2.82. The number of hydrogen-bond acceptors (Lipinski definition) is 3. The Bertz CT molecular complexity index is 693. The SMILES string of the molecule is CCNC(=NCc1ccc(C(F)(F)F)cc1)NCc1csc(CC)n1. The molecule has 1 aromatic heterocycles. The number of rotatable bonds is 6. The van der Waals surface area contributed by atoms with E-state index in [9.17, 15) is 13.2 Å². The molecule has 0 atom stereocenters. The Morgan fingerprint density at radius 1 is 1.16 bits per heavy atom. The second-order valence-electron chi connectivity index (χ2n) is 5.33. The van der Waals surface area contributed by atoms with Crippen LogP contribution in [0.4, 0.5) is 13.2 Å². The van der Waals surface area contributed by atoms with Crippen LogP contribution in [0.15, 0.2) is 34.6 Å². The molecule has 0 amide bonds. The summed E-state index contributed by atoms with van der Waals surface area (Å²) in [6.07, 6.45) is -3.41. The van der Waals surface area contributed by atoms with Crippen molar-refractivity contribution in [2.45, 2.75) is 39.5 Å². The average molecular weight is 370 g/mol. The van der Waals surface area contributed by atoms with Crippen molar-refractivity contribution in [3.8, 4) is 0 Å². The molecule has 1 aromatic carbocycles. The molecule has 0 bridgehead atoms. The molecule has 0 aliphatic heterocycles. The quantitative estimate of drug-likeness (QED) is 0.597. The number of benzene rings is 1. The summed E-state index contributed by atoms with van der Waals surface area (Å²) < 4.78 is 37.7. The largest absolute Gasteiger partial charge is 0.416 e. The van der Waals surface area contributed by atoms with E-state index in [1.54, 1.807) is 11.3 Å². The van der Waals surface area contributed by atoms with E-state index in [1.807, 2.05) is 12.3 Å². The molecule has 136 valence electrons. The molecule has 0 radical (unpaired) electrons. The molecule has 4 nitrogen and oxygen atoms in total. The maximum Gasteiger partial charge on any atom is 0.416 e. The van der Waals surface area contributed by atoms with Gasteiger partial charge in [-0.05, 0) is 31.0 Å². The van der Waals surface area contributed by atoms with Crippen LogP contribution in [-0.2, 0) is 25.7 Å². The number of nitrogens with zero attached hydrogens (tertiary/aromatic N) is 2. The maximum atomic E-state index is 12.6. The topological polar surface area (TPSA) is 49.3 Å². The van der Waals surface area contributed by atoms with Crippen LogP contribution in [0.1, 0.15) is 35.7 Å². The lowest BCUT2D eigenvalue weighted by Crippen LogP contribution is -2.36. The van der Waals surface area contributed by atoms with Crippen LogP contribution in [0, 0.1) is 0 Å². The predicted octanol–water partition coefficient (Wildman–Crippen LogP) is 3.98. The van der Waals surface area contributed by atoms with Gasteiger partial charge in [0.15, 0.2) is 5.96 Å². The zero-order chi connectivity index (χ0) is 18.3. The standard InChI is InChI=1S/C17H21F3N4S/c1-3-15-24-14(11-25-15)10-23-16(21-4-2)22-9-12-5-7-13(8-6-12)17(18,19)20/h5-8,11H,3-4,9-10H2,1-2H3,(H2,21,22,23). The van der Waals surface area contributed by atoms with Crippen molar-refractivity contribution in [3.63, 3.8) is 0 Å². The van der Waals surface area contributed by atoms with Crippen LogP contribution in [0.2, 0.25) is 0 Å². The Morgan fingerprint density at radius 3 is 2.44 bits per heavy atom. The fourth-order valence-electron chi connectivity index (χ4n) is 2.08. The smallest absolute Gasteiger partial charge is 0.357 e. The van der Waals surface area contributed by atoms with Gasteiger partial charge in [-0.3, -0.25) is 0 Å². The summed E-state index contributed by atoms with van der Waals surface area (Å²) in [5.41, 5.74) is 1.01. The van der Waals surface area contributed by atoms with Gasteiger partial charge < -0.3 is 10.6 Å². The minimum atomic E-state index is -4.32. The minimum absolute atomic E-state index is 0.296. The highest BCUT2D eigenvalue weighted by Crippen LogP contribution is 2.29. The van der Waals surface area contributed by atoms with Crippen LogP contribution >= 0.6 is 11.3 Å². The van der Waals surface area contributed by atoms with Gasteiger partial charge in [-0.25, -0.2) is 9.98 Å². The summed E-state index contributed by atoms with van der Waals surface area (Å²) in [6.45, 7) is 5.55. The molecule has 25 heavy (non-hydrogen) atoms. The average Bonchev–Trinajstić information content (AvgIpc) is 3.05. The molecule has 2 N–H and O–H groups in total. The van der Waals surface area contributed by atoms with Gasteiger partial charge >= 0.3 is 6.18 Å². The Balaban J connectivity index is 1.96. The normalized spacial score (nSPS) is 12.3. The summed E-state index contributed by atoms with van der Waals surface area (Å²) in [7, 11) is 0. The Kier molecular flexibility index (Phi) is 6.81. The van der Waals surface area contributed by atoms with Gasteiger partial charge in [0.1, 0.15) is 0 Å². The lowest BCUT2D eigenvalue weighted by Gasteiger charge is -2.11. The number of aliphatic imine (C=N–C) groups is 1. The summed E-state index contributed by atoms with van der Waals surface area (Å²) >= 11 is 1.62. The number of hydrogen-bond donors (Lipinski definition) is 2. The van der Waals surface area contributed by atoms with Gasteiger partial charge in [0.25, 0.3) is 0 Å². The van der Waals surface area contributed by atoms with Crippen LogP contribution in [0.25, 0.3) is 0 Å². The number of aryl methyl sites for hydroxylation is 1. The van der Waals surface area contributed by atoms with Crippen LogP contribution in [0.5, 0.6) is 0 Å². The van der Waals surface area contributed by atoms with Gasteiger partial charge in [0, 0.05) is 11.9 Å². The summed E-state index contributed by atoms with van der Waals surface area (Å²) in [5, 5.41) is 9.39. The highest BCUT2D eigenvalue weighted by molar-refractivity contribution is 7.09. The molecule has 0 unspecified atom stereocenters. The van der Waals surface area contributed by atoms with Crippen molar-refractivity contribution in [3.05, 3.63) is 51.5 Å².